The second kappa shape index (κ2) is 7.28. The fourth-order valence-corrected chi connectivity index (χ4v) is 1.93. The molecule has 0 heterocycles. The van der Waals surface area contributed by atoms with Gasteiger partial charge in [0.25, 0.3) is 0 Å². The lowest BCUT2D eigenvalue weighted by Gasteiger charge is -2.27. The molecular formula is C13H27O. The van der Waals surface area contributed by atoms with Crippen LogP contribution >= 0.6 is 0 Å². The molecule has 0 saturated carbocycles. The van der Waals surface area contributed by atoms with Crippen molar-refractivity contribution in [3.05, 3.63) is 0 Å². The maximum atomic E-state index is 11.9. The van der Waals surface area contributed by atoms with Crippen LogP contribution in [0.2, 0.25) is 0 Å². The third-order valence-corrected chi connectivity index (χ3v) is 3.05. The SMILES string of the molecule is CCCCCC(CCCC)C(C)(C)[O]. The van der Waals surface area contributed by atoms with Gasteiger partial charge in [-0.2, -0.15) is 0 Å². The van der Waals surface area contributed by atoms with Gasteiger partial charge in [0.15, 0.2) is 0 Å². The van der Waals surface area contributed by atoms with E-state index in [-0.39, 0.29) is 0 Å². The summed E-state index contributed by atoms with van der Waals surface area (Å²) in [5, 5.41) is 11.9. The average Bonchev–Trinajstić information content (AvgIpc) is 2.09. The van der Waals surface area contributed by atoms with Crippen LogP contribution in [0.25, 0.3) is 0 Å². The first kappa shape index (κ1) is 14.0. The van der Waals surface area contributed by atoms with Gasteiger partial charge in [0.1, 0.15) is 5.60 Å². The van der Waals surface area contributed by atoms with Crippen molar-refractivity contribution < 1.29 is 5.11 Å². The maximum absolute atomic E-state index is 11.9. The van der Waals surface area contributed by atoms with Crippen molar-refractivity contribution in [1.82, 2.24) is 0 Å². The first-order valence-corrected chi connectivity index (χ1v) is 6.22. The standard InChI is InChI=1S/C13H27O/c1-5-7-9-11-12(10-8-6-2)13(3,4)14/h12H,5-11H2,1-4H3. The van der Waals surface area contributed by atoms with Gasteiger partial charge in [0.05, 0.1) is 0 Å². The number of hydrogen-bond acceptors (Lipinski definition) is 0. The monoisotopic (exact) mass is 199 g/mol. The van der Waals surface area contributed by atoms with Gasteiger partial charge in [-0.1, -0.05) is 46.0 Å². The molecule has 14 heavy (non-hydrogen) atoms. The van der Waals surface area contributed by atoms with Crippen LogP contribution in [-0.2, 0) is 5.11 Å². The van der Waals surface area contributed by atoms with Crippen LogP contribution in [0.4, 0.5) is 0 Å². The van der Waals surface area contributed by atoms with E-state index in [0.29, 0.717) is 5.92 Å². The van der Waals surface area contributed by atoms with Crippen LogP contribution in [0.5, 0.6) is 0 Å². The predicted molar refractivity (Wildman–Crippen MR) is 61.9 cm³/mol. The molecule has 0 rings (SSSR count). The van der Waals surface area contributed by atoms with Crippen LogP contribution in [0, 0.1) is 5.92 Å². The summed E-state index contributed by atoms with van der Waals surface area (Å²) in [5.74, 6) is 0.383. The quantitative estimate of drug-likeness (QED) is 0.510. The molecule has 85 valence electrons. The molecule has 0 N–H and O–H groups in total. The Labute approximate surface area is 89.9 Å². The van der Waals surface area contributed by atoms with Gasteiger partial charge in [0, 0.05) is 0 Å². The Bertz CT molecular complexity index is 124. The Balaban J connectivity index is 3.85. The molecule has 0 aliphatic rings. The Morgan fingerprint density at radius 3 is 1.86 bits per heavy atom. The van der Waals surface area contributed by atoms with Crippen LogP contribution in [0.3, 0.4) is 0 Å². The van der Waals surface area contributed by atoms with E-state index < -0.39 is 5.60 Å². The van der Waals surface area contributed by atoms with Gasteiger partial charge in [-0.05, 0) is 32.6 Å². The lowest BCUT2D eigenvalue weighted by atomic mass is 9.83. The Hall–Kier alpha value is -0.0400. The molecule has 1 atom stereocenters. The molecule has 0 amide bonds. The molecular weight excluding hydrogens is 172 g/mol. The molecule has 0 aromatic heterocycles. The minimum Gasteiger partial charge on any atom is -0.230 e. The van der Waals surface area contributed by atoms with Crippen LogP contribution in [-0.4, -0.2) is 5.60 Å². The zero-order valence-corrected chi connectivity index (χ0v) is 10.4. The lowest BCUT2D eigenvalue weighted by molar-refractivity contribution is -0.0537. The second-order valence-corrected chi connectivity index (χ2v) is 4.94. The number of unbranched alkanes of at least 4 members (excludes halogenated alkanes) is 3. The minimum atomic E-state index is -0.733. The van der Waals surface area contributed by atoms with Crippen molar-refractivity contribution >= 4 is 0 Å². The maximum Gasteiger partial charge on any atom is 0.101 e. The highest BCUT2D eigenvalue weighted by atomic mass is 16.3. The molecule has 0 aliphatic carbocycles. The molecule has 1 unspecified atom stereocenters. The van der Waals surface area contributed by atoms with Gasteiger partial charge < -0.3 is 0 Å². The van der Waals surface area contributed by atoms with Crippen molar-refractivity contribution in [3.8, 4) is 0 Å². The van der Waals surface area contributed by atoms with Crippen molar-refractivity contribution in [2.75, 3.05) is 0 Å². The van der Waals surface area contributed by atoms with Crippen LogP contribution in [0.15, 0.2) is 0 Å². The Morgan fingerprint density at radius 2 is 1.43 bits per heavy atom. The van der Waals surface area contributed by atoms with Crippen LogP contribution in [0.1, 0.15) is 72.6 Å². The van der Waals surface area contributed by atoms with Gasteiger partial charge in [-0.25, -0.2) is 5.11 Å². The summed E-state index contributed by atoms with van der Waals surface area (Å²) in [5.41, 5.74) is -0.733. The molecule has 1 radical (unpaired) electrons. The van der Waals surface area contributed by atoms with E-state index in [1.54, 1.807) is 0 Å². The summed E-state index contributed by atoms with van der Waals surface area (Å²) in [6.45, 7) is 8.10. The van der Waals surface area contributed by atoms with Gasteiger partial charge in [-0.3, -0.25) is 0 Å². The average molecular weight is 199 g/mol. The zero-order valence-electron chi connectivity index (χ0n) is 10.4. The Kier molecular flexibility index (Phi) is 7.26. The third kappa shape index (κ3) is 6.42. The highest BCUT2D eigenvalue weighted by Gasteiger charge is 2.27. The van der Waals surface area contributed by atoms with E-state index in [1.165, 1.54) is 32.1 Å². The van der Waals surface area contributed by atoms with Gasteiger partial charge in [-0.15, -0.1) is 0 Å². The molecule has 0 spiro atoms. The first-order valence-electron chi connectivity index (χ1n) is 6.22. The Morgan fingerprint density at radius 1 is 0.929 bits per heavy atom. The molecule has 0 saturated heterocycles. The number of hydrogen-bond donors (Lipinski definition) is 0. The molecule has 0 fully saturated rings. The van der Waals surface area contributed by atoms with E-state index in [9.17, 15) is 5.11 Å². The van der Waals surface area contributed by atoms with Gasteiger partial charge >= 0.3 is 0 Å². The van der Waals surface area contributed by atoms with Crippen LogP contribution < -0.4 is 0 Å². The van der Waals surface area contributed by atoms with Crippen molar-refractivity contribution in [2.24, 2.45) is 5.92 Å². The largest absolute Gasteiger partial charge is 0.230 e. The molecule has 0 aromatic rings. The normalized spacial score (nSPS) is 14.4. The molecule has 0 aliphatic heterocycles. The second-order valence-electron chi connectivity index (χ2n) is 4.94. The van der Waals surface area contributed by atoms with E-state index in [2.05, 4.69) is 13.8 Å². The van der Waals surface area contributed by atoms with E-state index in [1.807, 2.05) is 13.8 Å². The fraction of sp³-hybridized carbons (Fsp3) is 1.00. The van der Waals surface area contributed by atoms with Gasteiger partial charge in [0.2, 0.25) is 0 Å². The third-order valence-electron chi connectivity index (χ3n) is 3.05. The summed E-state index contributed by atoms with van der Waals surface area (Å²) < 4.78 is 0. The highest BCUT2D eigenvalue weighted by Crippen LogP contribution is 2.28. The minimum absolute atomic E-state index is 0.383. The molecule has 1 nitrogen and oxygen atoms in total. The summed E-state index contributed by atoms with van der Waals surface area (Å²) in [4.78, 5) is 0. The summed E-state index contributed by atoms with van der Waals surface area (Å²) in [6.07, 6.45) is 8.43. The predicted octanol–water partition coefficient (Wildman–Crippen LogP) is 4.58. The van der Waals surface area contributed by atoms with E-state index in [4.69, 9.17) is 0 Å². The van der Waals surface area contributed by atoms with E-state index >= 15 is 0 Å². The smallest absolute Gasteiger partial charge is 0.101 e. The fourth-order valence-electron chi connectivity index (χ4n) is 1.93. The number of rotatable bonds is 8. The molecule has 0 bridgehead atoms. The molecule has 0 aromatic carbocycles. The first-order chi connectivity index (χ1) is 6.52. The summed E-state index contributed by atoms with van der Waals surface area (Å²) in [6, 6.07) is 0. The van der Waals surface area contributed by atoms with Crippen molar-refractivity contribution in [3.63, 3.8) is 0 Å². The zero-order chi connectivity index (χ0) is 11.0. The van der Waals surface area contributed by atoms with Crippen molar-refractivity contribution in [2.45, 2.75) is 78.2 Å². The van der Waals surface area contributed by atoms with E-state index in [0.717, 1.165) is 12.8 Å². The topological polar surface area (TPSA) is 19.9 Å². The molecule has 1 heteroatoms. The summed E-state index contributed by atoms with van der Waals surface area (Å²) in [7, 11) is 0. The van der Waals surface area contributed by atoms with Crippen molar-refractivity contribution in [1.29, 1.82) is 0 Å². The lowest BCUT2D eigenvalue weighted by Crippen LogP contribution is -2.29. The summed E-state index contributed by atoms with van der Waals surface area (Å²) >= 11 is 0. The highest BCUT2D eigenvalue weighted by molar-refractivity contribution is 4.76.